The summed E-state index contributed by atoms with van der Waals surface area (Å²) in [6, 6.07) is 19.2. The van der Waals surface area contributed by atoms with Gasteiger partial charge in [-0.15, -0.1) is 0 Å². The Morgan fingerprint density at radius 1 is 0.970 bits per heavy atom. The van der Waals surface area contributed by atoms with Crippen molar-refractivity contribution < 1.29 is 22.7 Å². The molecule has 9 heteroatoms. The topological polar surface area (TPSA) is 106 Å². The summed E-state index contributed by atoms with van der Waals surface area (Å²) in [7, 11) is -0.455. The highest BCUT2D eigenvalue weighted by atomic mass is 32.2. The van der Waals surface area contributed by atoms with E-state index < -0.39 is 16.2 Å². The number of anilines is 1. The van der Waals surface area contributed by atoms with Gasteiger partial charge in [-0.2, -0.15) is 4.72 Å². The number of fused-ring (bicyclic) bond motifs is 1. The zero-order valence-corrected chi connectivity index (χ0v) is 19.1. The van der Waals surface area contributed by atoms with Crippen LogP contribution in [0, 0.1) is 0 Å². The quantitative estimate of drug-likeness (QED) is 0.493. The van der Waals surface area contributed by atoms with Gasteiger partial charge in [-0.05, 0) is 53.9 Å². The van der Waals surface area contributed by atoms with Crippen LogP contribution in [0.2, 0.25) is 0 Å². The Bertz CT molecular complexity index is 1260. The number of methoxy groups -OCH3 is 2. The van der Waals surface area contributed by atoms with Gasteiger partial charge in [-0.1, -0.05) is 30.3 Å². The summed E-state index contributed by atoms with van der Waals surface area (Å²) in [6.45, 7) is 0.455. The predicted octanol–water partition coefficient (Wildman–Crippen LogP) is 3.08. The minimum atomic E-state index is -3.62. The number of rotatable bonds is 7. The van der Waals surface area contributed by atoms with Crippen LogP contribution in [0.1, 0.15) is 27.7 Å². The first-order valence-corrected chi connectivity index (χ1v) is 11.9. The molecule has 0 fully saturated rings. The number of nitrogens with one attached hydrogen (secondary N) is 3. The Labute approximate surface area is 193 Å². The Hall–Kier alpha value is -3.56. The fraction of sp³-hybridized carbons (Fsp3) is 0.208. The standard InChI is InChI=1S/C24H25N3O5S/c1-31-20-12-7-16(15-21(20)32-2)13-14-25-24(28)18-10-8-17(9-11-18)23-26-19-5-3-4-6-22(19)33(29,30)27-23/h3-12,15,23,26-27H,13-14H2,1-2H3,(H,25,28). The molecule has 1 atom stereocenters. The van der Waals surface area contributed by atoms with Crippen LogP contribution in [0.25, 0.3) is 0 Å². The van der Waals surface area contributed by atoms with Crippen LogP contribution in [0.3, 0.4) is 0 Å². The molecule has 0 aromatic heterocycles. The van der Waals surface area contributed by atoms with Crippen LogP contribution in [0.4, 0.5) is 5.69 Å². The average molecular weight is 468 g/mol. The lowest BCUT2D eigenvalue weighted by molar-refractivity contribution is 0.0954. The van der Waals surface area contributed by atoms with Crippen LogP contribution in [-0.4, -0.2) is 35.1 Å². The highest BCUT2D eigenvalue weighted by Crippen LogP contribution is 2.31. The van der Waals surface area contributed by atoms with Crippen molar-refractivity contribution in [2.24, 2.45) is 0 Å². The lowest BCUT2D eigenvalue weighted by Crippen LogP contribution is -2.38. The van der Waals surface area contributed by atoms with E-state index in [4.69, 9.17) is 9.47 Å². The molecule has 1 amide bonds. The second-order valence-electron chi connectivity index (χ2n) is 7.51. The van der Waals surface area contributed by atoms with Gasteiger partial charge in [0.1, 0.15) is 11.1 Å². The number of hydrogen-bond donors (Lipinski definition) is 3. The first-order valence-electron chi connectivity index (χ1n) is 10.4. The van der Waals surface area contributed by atoms with E-state index in [-0.39, 0.29) is 10.8 Å². The van der Waals surface area contributed by atoms with Gasteiger partial charge in [-0.25, -0.2) is 8.42 Å². The molecule has 0 saturated heterocycles. The molecular formula is C24H25N3O5S. The number of benzene rings is 3. The Kier molecular flexibility index (Phi) is 6.52. The summed E-state index contributed by atoms with van der Waals surface area (Å²) in [5.74, 6) is 1.10. The Morgan fingerprint density at radius 3 is 2.42 bits per heavy atom. The third kappa shape index (κ3) is 4.94. The molecule has 4 rings (SSSR count). The van der Waals surface area contributed by atoms with Gasteiger partial charge in [0.25, 0.3) is 5.91 Å². The molecule has 1 unspecified atom stereocenters. The van der Waals surface area contributed by atoms with E-state index >= 15 is 0 Å². The van der Waals surface area contributed by atoms with Crippen molar-refractivity contribution in [2.45, 2.75) is 17.5 Å². The highest BCUT2D eigenvalue weighted by Gasteiger charge is 2.29. The number of hydrogen-bond acceptors (Lipinski definition) is 6. The van der Waals surface area contributed by atoms with E-state index in [1.54, 1.807) is 62.8 Å². The molecular weight excluding hydrogens is 442 g/mol. The summed E-state index contributed by atoms with van der Waals surface area (Å²) in [4.78, 5) is 12.7. The van der Waals surface area contributed by atoms with Gasteiger partial charge in [0, 0.05) is 12.1 Å². The van der Waals surface area contributed by atoms with Crippen molar-refractivity contribution >= 4 is 21.6 Å². The van der Waals surface area contributed by atoms with E-state index in [2.05, 4.69) is 15.4 Å². The summed E-state index contributed by atoms with van der Waals surface area (Å²) in [5, 5.41) is 6.08. The summed E-state index contributed by atoms with van der Waals surface area (Å²) in [5.41, 5.74) is 2.75. The van der Waals surface area contributed by atoms with Crippen molar-refractivity contribution in [1.82, 2.24) is 10.0 Å². The van der Waals surface area contributed by atoms with E-state index in [1.807, 2.05) is 18.2 Å². The summed E-state index contributed by atoms with van der Waals surface area (Å²) >= 11 is 0. The maximum atomic E-state index is 12.5. The van der Waals surface area contributed by atoms with Crippen LogP contribution >= 0.6 is 0 Å². The molecule has 33 heavy (non-hydrogen) atoms. The first-order chi connectivity index (χ1) is 15.9. The van der Waals surface area contributed by atoms with Gasteiger partial charge in [0.05, 0.1) is 19.9 Å². The Balaban J connectivity index is 1.37. The Morgan fingerprint density at radius 2 is 1.70 bits per heavy atom. The van der Waals surface area contributed by atoms with Crippen molar-refractivity contribution in [3.63, 3.8) is 0 Å². The second kappa shape index (κ2) is 9.51. The van der Waals surface area contributed by atoms with E-state index in [1.165, 1.54) is 0 Å². The van der Waals surface area contributed by atoms with Crippen molar-refractivity contribution in [1.29, 1.82) is 0 Å². The average Bonchev–Trinajstić information content (AvgIpc) is 2.83. The maximum absolute atomic E-state index is 12.5. The third-order valence-electron chi connectivity index (χ3n) is 5.40. The van der Waals surface area contributed by atoms with Gasteiger partial charge >= 0.3 is 0 Å². The zero-order valence-electron chi connectivity index (χ0n) is 18.3. The largest absolute Gasteiger partial charge is 0.493 e. The normalized spacial score (nSPS) is 16.2. The fourth-order valence-electron chi connectivity index (χ4n) is 3.66. The predicted molar refractivity (Wildman–Crippen MR) is 125 cm³/mol. The highest BCUT2D eigenvalue weighted by molar-refractivity contribution is 7.89. The molecule has 3 aromatic carbocycles. The third-order valence-corrected chi connectivity index (χ3v) is 6.88. The van der Waals surface area contributed by atoms with Crippen LogP contribution in [0.5, 0.6) is 11.5 Å². The minimum absolute atomic E-state index is 0.204. The van der Waals surface area contributed by atoms with Gasteiger partial charge in [0.2, 0.25) is 10.0 Å². The van der Waals surface area contributed by atoms with Crippen LogP contribution < -0.4 is 24.8 Å². The number of ether oxygens (including phenoxy) is 2. The number of amides is 1. The fourth-order valence-corrected chi connectivity index (χ4v) is 4.97. The number of carbonyl (C=O) groups excluding carboxylic acids is 1. The lowest BCUT2D eigenvalue weighted by atomic mass is 10.1. The van der Waals surface area contributed by atoms with Crippen molar-refractivity contribution in [2.75, 3.05) is 26.1 Å². The summed E-state index contributed by atoms with van der Waals surface area (Å²) < 4.78 is 38.2. The second-order valence-corrected chi connectivity index (χ2v) is 9.19. The molecule has 1 aliphatic rings. The van der Waals surface area contributed by atoms with E-state index in [0.717, 1.165) is 5.56 Å². The van der Waals surface area contributed by atoms with Crippen LogP contribution in [0.15, 0.2) is 71.6 Å². The molecule has 3 aromatic rings. The molecule has 3 N–H and O–H groups in total. The van der Waals surface area contributed by atoms with Crippen LogP contribution in [-0.2, 0) is 16.4 Å². The molecule has 0 aliphatic carbocycles. The molecule has 0 saturated carbocycles. The number of carbonyl (C=O) groups is 1. The smallest absolute Gasteiger partial charge is 0.251 e. The molecule has 1 aliphatic heterocycles. The summed E-state index contributed by atoms with van der Waals surface area (Å²) in [6.07, 6.45) is 0.0178. The van der Waals surface area contributed by atoms with Gasteiger partial charge in [-0.3, -0.25) is 4.79 Å². The molecule has 8 nitrogen and oxygen atoms in total. The first kappa shape index (κ1) is 22.6. The van der Waals surface area contributed by atoms with E-state index in [9.17, 15) is 13.2 Å². The number of sulfonamides is 1. The van der Waals surface area contributed by atoms with E-state index in [0.29, 0.717) is 41.3 Å². The molecule has 172 valence electrons. The molecule has 0 radical (unpaired) electrons. The van der Waals surface area contributed by atoms with Gasteiger partial charge < -0.3 is 20.1 Å². The monoisotopic (exact) mass is 467 g/mol. The molecule has 0 spiro atoms. The van der Waals surface area contributed by atoms with Gasteiger partial charge in [0.15, 0.2) is 11.5 Å². The number of para-hydroxylation sites is 1. The molecule has 1 heterocycles. The van der Waals surface area contributed by atoms with Crippen molar-refractivity contribution in [3.8, 4) is 11.5 Å². The zero-order chi connectivity index (χ0) is 23.4. The maximum Gasteiger partial charge on any atom is 0.251 e. The van der Waals surface area contributed by atoms with Crippen molar-refractivity contribution in [3.05, 3.63) is 83.4 Å². The lowest BCUT2D eigenvalue weighted by Gasteiger charge is -2.28. The minimum Gasteiger partial charge on any atom is -0.493 e. The molecule has 0 bridgehead atoms. The SMILES string of the molecule is COc1ccc(CCNC(=O)c2ccc(C3Nc4ccccc4S(=O)(=O)N3)cc2)cc1OC.